The molecule has 1 nitrogen and oxygen atoms in total. The van der Waals surface area contributed by atoms with Gasteiger partial charge in [0.25, 0.3) is 0 Å². The van der Waals surface area contributed by atoms with Crippen molar-refractivity contribution >= 4 is 5.57 Å². The minimum Gasteiger partial charge on any atom is -0.316 e. The second-order valence-electron chi connectivity index (χ2n) is 4.64. The van der Waals surface area contributed by atoms with E-state index in [0.29, 0.717) is 0 Å². The summed E-state index contributed by atoms with van der Waals surface area (Å²) in [6.07, 6.45) is 3.41. The molecule has 16 heavy (non-hydrogen) atoms. The SMILES string of the molecule is CC(=CCCNCC(C)C)c1ccccc1. The summed E-state index contributed by atoms with van der Waals surface area (Å²) in [7, 11) is 0. The third-order valence-corrected chi connectivity index (χ3v) is 2.55. The molecule has 0 heterocycles. The van der Waals surface area contributed by atoms with Gasteiger partial charge in [0.1, 0.15) is 0 Å². The van der Waals surface area contributed by atoms with Crippen LogP contribution in [0, 0.1) is 5.92 Å². The summed E-state index contributed by atoms with van der Waals surface area (Å²) < 4.78 is 0. The second kappa shape index (κ2) is 7.24. The highest BCUT2D eigenvalue weighted by Gasteiger charge is 1.94. The lowest BCUT2D eigenvalue weighted by Gasteiger charge is -2.06. The topological polar surface area (TPSA) is 12.0 Å². The Labute approximate surface area is 99.6 Å². The second-order valence-corrected chi connectivity index (χ2v) is 4.64. The molecule has 0 aliphatic rings. The maximum atomic E-state index is 3.45. The van der Waals surface area contributed by atoms with Gasteiger partial charge >= 0.3 is 0 Å². The van der Waals surface area contributed by atoms with Gasteiger partial charge in [-0.3, -0.25) is 0 Å². The van der Waals surface area contributed by atoms with Crippen molar-refractivity contribution in [2.24, 2.45) is 5.92 Å². The Kier molecular flexibility index (Phi) is 5.87. The molecule has 0 bridgehead atoms. The molecule has 0 radical (unpaired) electrons. The molecular formula is C15H23N. The van der Waals surface area contributed by atoms with Crippen LogP contribution >= 0.6 is 0 Å². The maximum Gasteiger partial charge on any atom is -0.00139 e. The highest BCUT2D eigenvalue weighted by Crippen LogP contribution is 2.12. The first-order valence-corrected chi connectivity index (χ1v) is 6.13. The van der Waals surface area contributed by atoms with Crippen molar-refractivity contribution in [3.8, 4) is 0 Å². The molecule has 0 atom stereocenters. The van der Waals surface area contributed by atoms with E-state index in [9.17, 15) is 0 Å². The molecule has 0 saturated carbocycles. The van der Waals surface area contributed by atoms with E-state index >= 15 is 0 Å². The molecule has 1 heteroatoms. The van der Waals surface area contributed by atoms with Gasteiger partial charge in [-0.2, -0.15) is 0 Å². The van der Waals surface area contributed by atoms with Crippen molar-refractivity contribution < 1.29 is 0 Å². The van der Waals surface area contributed by atoms with Crippen LogP contribution in [0.4, 0.5) is 0 Å². The van der Waals surface area contributed by atoms with Crippen LogP contribution in [-0.2, 0) is 0 Å². The highest BCUT2D eigenvalue weighted by molar-refractivity contribution is 5.63. The van der Waals surface area contributed by atoms with Crippen molar-refractivity contribution in [3.63, 3.8) is 0 Å². The van der Waals surface area contributed by atoms with Gasteiger partial charge in [-0.05, 0) is 43.5 Å². The zero-order valence-electron chi connectivity index (χ0n) is 10.7. The summed E-state index contributed by atoms with van der Waals surface area (Å²) in [6.45, 7) is 8.83. The molecular weight excluding hydrogens is 194 g/mol. The molecule has 1 aromatic carbocycles. The Morgan fingerprint density at radius 1 is 1.25 bits per heavy atom. The smallest absolute Gasteiger partial charge is 0.00139 e. The van der Waals surface area contributed by atoms with Crippen LogP contribution in [0.15, 0.2) is 36.4 Å². The summed E-state index contributed by atoms with van der Waals surface area (Å²) in [5, 5.41) is 3.45. The fourth-order valence-corrected chi connectivity index (χ4v) is 1.60. The largest absolute Gasteiger partial charge is 0.316 e. The predicted octanol–water partition coefficient (Wildman–Crippen LogP) is 3.73. The van der Waals surface area contributed by atoms with Crippen molar-refractivity contribution in [1.82, 2.24) is 5.32 Å². The Balaban J connectivity index is 2.29. The monoisotopic (exact) mass is 217 g/mol. The van der Waals surface area contributed by atoms with Gasteiger partial charge in [0.05, 0.1) is 0 Å². The van der Waals surface area contributed by atoms with Gasteiger partial charge in [0.2, 0.25) is 0 Å². The van der Waals surface area contributed by atoms with E-state index in [1.807, 2.05) is 0 Å². The molecule has 0 fully saturated rings. The molecule has 0 aromatic heterocycles. The number of hydrogen-bond donors (Lipinski definition) is 1. The van der Waals surface area contributed by atoms with Crippen molar-refractivity contribution in [1.29, 1.82) is 0 Å². The molecule has 0 saturated heterocycles. The lowest BCUT2D eigenvalue weighted by molar-refractivity contribution is 0.557. The summed E-state index contributed by atoms with van der Waals surface area (Å²) in [5.74, 6) is 0.735. The average Bonchev–Trinajstić information content (AvgIpc) is 2.29. The lowest BCUT2D eigenvalue weighted by atomic mass is 10.1. The average molecular weight is 217 g/mol. The first-order chi connectivity index (χ1) is 7.70. The lowest BCUT2D eigenvalue weighted by Crippen LogP contribution is -2.20. The summed E-state index contributed by atoms with van der Waals surface area (Å²) >= 11 is 0. The van der Waals surface area contributed by atoms with Gasteiger partial charge in [0, 0.05) is 0 Å². The first-order valence-electron chi connectivity index (χ1n) is 6.13. The van der Waals surface area contributed by atoms with Gasteiger partial charge in [-0.15, -0.1) is 0 Å². The zero-order valence-corrected chi connectivity index (χ0v) is 10.7. The van der Waals surface area contributed by atoms with Crippen LogP contribution in [0.3, 0.4) is 0 Å². The van der Waals surface area contributed by atoms with E-state index in [1.54, 1.807) is 0 Å². The Bertz CT molecular complexity index is 311. The number of allylic oxidation sites excluding steroid dienone is 1. The van der Waals surface area contributed by atoms with Crippen LogP contribution in [0.25, 0.3) is 5.57 Å². The number of hydrogen-bond acceptors (Lipinski definition) is 1. The summed E-state index contributed by atoms with van der Waals surface area (Å²) in [6, 6.07) is 10.6. The summed E-state index contributed by atoms with van der Waals surface area (Å²) in [4.78, 5) is 0. The molecule has 0 aliphatic carbocycles. The zero-order chi connectivity index (χ0) is 11.8. The fourth-order valence-electron chi connectivity index (χ4n) is 1.60. The highest BCUT2D eigenvalue weighted by atomic mass is 14.8. The van der Waals surface area contributed by atoms with E-state index in [1.165, 1.54) is 11.1 Å². The third-order valence-electron chi connectivity index (χ3n) is 2.55. The fraction of sp³-hybridized carbons (Fsp3) is 0.467. The maximum absolute atomic E-state index is 3.45. The molecule has 1 N–H and O–H groups in total. The van der Waals surface area contributed by atoms with Crippen molar-refractivity contribution in [2.45, 2.75) is 27.2 Å². The third kappa shape index (κ3) is 5.13. The number of nitrogens with one attached hydrogen (secondary N) is 1. The van der Waals surface area contributed by atoms with Gasteiger partial charge in [-0.1, -0.05) is 50.3 Å². The Morgan fingerprint density at radius 2 is 1.94 bits per heavy atom. The van der Waals surface area contributed by atoms with E-state index in [0.717, 1.165) is 25.4 Å². The standard InChI is InChI=1S/C15H23N/c1-13(2)12-16-11-7-8-14(3)15-9-5-4-6-10-15/h4-6,8-10,13,16H,7,11-12H2,1-3H3. The molecule has 0 spiro atoms. The molecule has 1 rings (SSSR count). The minimum absolute atomic E-state index is 0.735. The molecule has 0 unspecified atom stereocenters. The van der Waals surface area contributed by atoms with Gasteiger partial charge in [0.15, 0.2) is 0 Å². The van der Waals surface area contributed by atoms with Crippen molar-refractivity contribution in [3.05, 3.63) is 42.0 Å². The van der Waals surface area contributed by atoms with E-state index in [2.05, 4.69) is 62.5 Å². The quantitative estimate of drug-likeness (QED) is 0.716. The van der Waals surface area contributed by atoms with Crippen LogP contribution in [-0.4, -0.2) is 13.1 Å². The normalized spacial score (nSPS) is 12.1. The van der Waals surface area contributed by atoms with Gasteiger partial charge in [-0.25, -0.2) is 0 Å². The minimum atomic E-state index is 0.735. The van der Waals surface area contributed by atoms with Gasteiger partial charge < -0.3 is 5.32 Å². The van der Waals surface area contributed by atoms with E-state index in [-0.39, 0.29) is 0 Å². The molecule has 1 aromatic rings. The van der Waals surface area contributed by atoms with Crippen LogP contribution in [0.5, 0.6) is 0 Å². The van der Waals surface area contributed by atoms with Crippen molar-refractivity contribution in [2.75, 3.05) is 13.1 Å². The Morgan fingerprint density at radius 3 is 2.56 bits per heavy atom. The Hall–Kier alpha value is -1.08. The number of rotatable bonds is 6. The van der Waals surface area contributed by atoms with Crippen LogP contribution < -0.4 is 5.32 Å². The molecule has 0 amide bonds. The molecule has 88 valence electrons. The van der Waals surface area contributed by atoms with Crippen LogP contribution in [0.2, 0.25) is 0 Å². The van der Waals surface area contributed by atoms with E-state index in [4.69, 9.17) is 0 Å². The number of benzene rings is 1. The molecule has 0 aliphatic heterocycles. The first kappa shape index (κ1) is 13.0. The summed E-state index contributed by atoms with van der Waals surface area (Å²) in [5.41, 5.74) is 2.69. The predicted molar refractivity (Wildman–Crippen MR) is 72.4 cm³/mol. The van der Waals surface area contributed by atoms with E-state index < -0.39 is 0 Å². The van der Waals surface area contributed by atoms with Crippen LogP contribution in [0.1, 0.15) is 32.8 Å².